The predicted octanol–water partition coefficient (Wildman–Crippen LogP) is -0.206. The summed E-state index contributed by atoms with van der Waals surface area (Å²) in [7, 11) is -3.00. The summed E-state index contributed by atoms with van der Waals surface area (Å²) in [6, 6.07) is -0.609. The van der Waals surface area contributed by atoms with Crippen LogP contribution < -0.4 is 5.32 Å². The topological polar surface area (TPSA) is 83.6 Å². The molecular weight excluding hydrogens is 268 g/mol. The molecule has 0 aliphatic carbocycles. The van der Waals surface area contributed by atoms with Crippen LogP contribution in [-0.2, 0) is 19.4 Å². The van der Waals surface area contributed by atoms with E-state index in [1.165, 1.54) is 4.90 Å². The van der Waals surface area contributed by atoms with Crippen molar-refractivity contribution in [3.8, 4) is 0 Å². The molecule has 1 fully saturated rings. The van der Waals surface area contributed by atoms with Gasteiger partial charge in [-0.25, -0.2) is 8.42 Å². The third-order valence-electron chi connectivity index (χ3n) is 3.45. The van der Waals surface area contributed by atoms with Crippen LogP contribution in [0.25, 0.3) is 0 Å². The summed E-state index contributed by atoms with van der Waals surface area (Å²) in [6.45, 7) is 5.77. The van der Waals surface area contributed by atoms with Gasteiger partial charge in [0, 0.05) is 19.0 Å². The van der Waals surface area contributed by atoms with Crippen molar-refractivity contribution in [2.75, 3.05) is 24.6 Å². The Bertz CT molecular complexity index is 433. The second-order valence-corrected chi connectivity index (χ2v) is 7.32. The molecule has 110 valence electrons. The molecular formula is C12H22N2O4S. The molecule has 1 heterocycles. The first-order valence-electron chi connectivity index (χ1n) is 6.56. The standard InChI is InChI=1S/C12H22N2O4S/c1-4-9(2)11(15)13-10(3)12(16)14-5-7-19(17,18)8-6-14/h9-10H,4-8H2,1-3H3,(H,13,15)/t9-,10-/m1/s1. The smallest absolute Gasteiger partial charge is 0.244 e. The molecule has 6 nitrogen and oxygen atoms in total. The molecule has 0 unspecified atom stereocenters. The number of rotatable bonds is 4. The fraction of sp³-hybridized carbons (Fsp3) is 0.833. The minimum Gasteiger partial charge on any atom is -0.344 e. The van der Waals surface area contributed by atoms with Gasteiger partial charge in [0.15, 0.2) is 9.84 Å². The van der Waals surface area contributed by atoms with E-state index < -0.39 is 15.9 Å². The highest BCUT2D eigenvalue weighted by molar-refractivity contribution is 7.91. The van der Waals surface area contributed by atoms with Crippen LogP contribution in [0.5, 0.6) is 0 Å². The van der Waals surface area contributed by atoms with E-state index >= 15 is 0 Å². The van der Waals surface area contributed by atoms with E-state index in [2.05, 4.69) is 5.32 Å². The van der Waals surface area contributed by atoms with Gasteiger partial charge in [-0.2, -0.15) is 0 Å². The molecule has 2 atom stereocenters. The Kier molecular flexibility index (Phi) is 5.34. The summed E-state index contributed by atoms with van der Waals surface area (Å²) in [6.07, 6.45) is 0.717. The zero-order valence-corrected chi connectivity index (χ0v) is 12.5. The number of nitrogens with zero attached hydrogens (tertiary/aromatic N) is 1. The zero-order chi connectivity index (χ0) is 14.6. The molecule has 0 aromatic carbocycles. The molecule has 19 heavy (non-hydrogen) atoms. The summed E-state index contributed by atoms with van der Waals surface area (Å²) >= 11 is 0. The lowest BCUT2D eigenvalue weighted by Gasteiger charge is -2.29. The van der Waals surface area contributed by atoms with E-state index in [0.717, 1.165) is 0 Å². The molecule has 1 N–H and O–H groups in total. The maximum Gasteiger partial charge on any atom is 0.244 e. The molecule has 1 aliphatic heterocycles. The van der Waals surface area contributed by atoms with Gasteiger partial charge in [0.05, 0.1) is 11.5 Å². The Balaban J connectivity index is 2.52. The van der Waals surface area contributed by atoms with Gasteiger partial charge >= 0.3 is 0 Å². The fourth-order valence-electron chi connectivity index (χ4n) is 1.81. The molecule has 1 aliphatic rings. The van der Waals surface area contributed by atoms with Gasteiger partial charge in [0.25, 0.3) is 0 Å². The van der Waals surface area contributed by atoms with Crippen LogP contribution >= 0.6 is 0 Å². The summed E-state index contributed by atoms with van der Waals surface area (Å²) in [4.78, 5) is 25.3. The lowest BCUT2D eigenvalue weighted by Crippen LogP contribution is -2.52. The lowest BCUT2D eigenvalue weighted by atomic mass is 10.1. The van der Waals surface area contributed by atoms with E-state index in [-0.39, 0.29) is 42.3 Å². The normalized spacial score (nSPS) is 21.5. The average Bonchev–Trinajstić information content (AvgIpc) is 2.36. The monoisotopic (exact) mass is 290 g/mol. The zero-order valence-electron chi connectivity index (χ0n) is 11.7. The Labute approximate surface area is 114 Å². The first-order valence-corrected chi connectivity index (χ1v) is 8.38. The Morgan fingerprint density at radius 2 is 1.74 bits per heavy atom. The minimum absolute atomic E-state index is 0.00473. The van der Waals surface area contributed by atoms with Crippen LogP contribution in [0.1, 0.15) is 27.2 Å². The molecule has 2 amide bonds. The highest BCUT2D eigenvalue weighted by Crippen LogP contribution is 2.07. The second-order valence-electron chi connectivity index (χ2n) is 5.02. The van der Waals surface area contributed by atoms with Crippen LogP contribution in [0, 0.1) is 5.92 Å². The maximum atomic E-state index is 12.1. The van der Waals surface area contributed by atoms with Gasteiger partial charge < -0.3 is 10.2 Å². The summed E-state index contributed by atoms with van der Waals surface area (Å²) in [5.41, 5.74) is 0. The van der Waals surface area contributed by atoms with Gasteiger partial charge in [-0.3, -0.25) is 9.59 Å². The molecule has 0 spiro atoms. The van der Waals surface area contributed by atoms with E-state index in [1.54, 1.807) is 13.8 Å². The van der Waals surface area contributed by atoms with Gasteiger partial charge in [-0.15, -0.1) is 0 Å². The van der Waals surface area contributed by atoms with Crippen molar-refractivity contribution >= 4 is 21.7 Å². The van der Waals surface area contributed by atoms with Crippen LogP contribution in [0.15, 0.2) is 0 Å². The number of nitrogens with one attached hydrogen (secondary N) is 1. The van der Waals surface area contributed by atoms with E-state index in [4.69, 9.17) is 0 Å². The number of sulfone groups is 1. The first kappa shape index (κ1) is 15.9. The molecule has 0 radical (unpaired) electrons. The van der Waals surface area contributed by atoms with E-state index in [0.29, 0.717) is 6.42 Å². The minimum atomic E-state index is -3.00. The molecule has 7 heteroatoms. The Hall–Kier alpha value is -1.11. The summed E-state index contributed by atoms with van der Waals surface area (Å²) in [5.74, 6) is -0.480. The molecule has 1 saturated heterocycles. The highest BCUT2D eigenvalue weighted by Gasteiger charge is 2.28. The first-order chi connectivity index (χ1) is 8.76. The molecule has 0 aromatic heterocycles. The van der Waals surface area contributed by atoms with Crippen molar-refractivity contribution in [1.29, 1.82) is 0 Å². The van der Waals surface area contributed by atoms with Gasteiger partial charge in [0.2, 0.25) is 11.8 Å². The number of hydrogen-bond acceptors (Lipinski definition) is 4. The quantitative estimate of drug-likeness (QED) is 0.777. The predicted molar refractivity (Wildman–Crippen MR) is 72.3 cm³/mol. The van der Waals surface area contributed by atoms with E-state index in [1.807, 2.05) is 6.92 Å². The summed E-state index contributed by atoms with van der Waals surface area (Å²) < 4.78 is 22.6. The molecule has 1 rings (SSSR count). The van der Waals surface area contributed by atoms with Crippen LogP contribution in [0.2, 0.25) is 0 Å². The average molecular weight is 290 g/mol. The molecule has 0 saturated carbocycles. The lowest BCUT2D eigenvalue weighted by molar-refractivity contribution is -0.136. The van der Waals surface area contributed by atoms with Gasteiger partial charge in [0.1, 0.15) is 6.04 Å². The third kappa shape index (κ3) is 4.49. The van der Waals surface area contributed by atoms with Crippen molar-refractivity contribution in [1.82, 2.24) is 10.2 Å². The van der Waals surface area contributed by atoms with Crippen molar-refractivity contribution < 1.29 is 18.0 Å². The van der Waals surface area contributed by atoms with Crippen LogP contribution in [0.3, 0.4) is 0 Å². The summed E-state index contributed by atoms with van der Waals surface area (Å²) in [5, 5.41) is 2.67. The number of hydrogen-bond donors (Lipinski definition) is 1. The van der Waals surface area contributed by atoms with Gasteiger partial charge in [-0.1, -0.05) is 13.8 Å². The highest BCUT2D eigenvalue weighted by atomic mass is 32.2. The largest absolute Gasteiger partial charge is 0.344 e. The SMILES string of the molecule is CC[C@@H](C)C(=O)N[C@H](C)C(=O)N1CCS(=O)(=O)CC1. The fourth-order valence-corrected chi connectivity index (χ4v) is 3.01. The molecule has 0 aromatic rings. The van der Waals surface area contributed by atoms with Crippen molar-refractivity contribution in [3.63, 3.8) is 0 Å². The Morgan fingerprint density at radius 1 is 1.21 bits per heavy atom. The number of amides is 2. The number of carbonyl (C=O) groups excluding carboxylic acids is 2. The second kappa shape index (κ2) is 6.36. The van der Waals surface area contributed by atoms with Crippen molar-refractivity contribution in [3.05, 3.63) is 0 Å². The van der Waals surface area contributed by atoms with Crippen molar-refractivity contribution in [2.24, 2.45) is 5.92 Å². The van der Waals surface area contributed by atoms with E-state index in [9.17, 15) is 18.0 Å². The number of carbonyl (C=O) groups is 2. The Morgan fingerprint density at radius 3 is 2.21 bits per heavy atom. The third-order valence-corrected chi connectivity index (χ3v) is 5.05. The maximum absolute atomic E-state index is 12.1. The van der Waals surface area contributed by atoms with Crippen LogP contribution in [0.4, 0.5) is 0 Å². The van der Waals surface area contributed by atoms with Gasteiger partial charge in [-0.05, 0) is 13.3 Å². The van der Waals surface area contributed by atoms with Crippen LogP contribution in [-0.4, -0.2) is 55.8 Å². The van der Waals surface area contributed by atoms with Crippen molar-refractivity contribution in [2.45, 2.75) is 33.2 Å². The molecule has 0 bridgehead atoms.